The van der Waals surface area contributed by atoms with Crippen molar-refractivity contribution in [3.63, 3.8) is 0 Å². The monoisotopic (exact) mass is 412 g/mol. The smallest absolute Gasteiger partial charge is 0.265 e. The van der Waals surface area contributed by atoms with Crippen LogP contribution in [0.25, 0.3) is 10.1 Å². The highest BCUT2D eigenvalue weighted by molar-refractivity contribution is 9.10. The molecule has 0 fully saturated rings. The number of fused-ring (bicyclic) bond motifs is 1. The number of aromatic nitrogens is 1. The van der Waals surface area contributed by atoms with Crippen LogP contribution in [0.4, 0.5) is 0 Å². The Bertz CT molecular complexity index is 802. The molecule has 1 atom stereocenters. The summed E-state index contributed by atoms with van der Waals surface area (Å²) in [6, 6.07) is 1.89. The third kappa shape index (κ3) is 3.25. The molecule has 0 saturated carbocycles. The van der Waals surface area contributed by atoms with Gasteiger partial charge in [-0.2, -0.15) is 4.57 Å². The van der Waals surface area contributed by atoms with Gasteiger partial charge in [0, 0.05) is 32.3 Å². The van der Waals surface area contributed by atoms with Crippen molar-refractivity contribution in [2.45, 2.75) is 12.5 Å². The first-order valence-electron chi connectivity index (χ1n) is 6.06. The summed E-state index contributed by atoms with van der Waals surface area (Å²) < 4.78 is 29.6. The number of halogens is 2. The van der Waals surface area contributed by atoms with Gasteiger partial charge in [-0.3, -0.25) is 0 Å². The molecule has 0 saturated heterocycles. The summed E-state index contributed by atoms with van der Waals surface area (Å²) in [5.74, 6) is -0.229. The molecule has 0 amide bonds. The van der Waals surface area contributed by atoms with Crippen LogP contribution in [0, 0.1) is 0 Å². The van der Waals surface area contributed by atoms with Crippen LogP contribution < -0.4 is 15.0 Å². The minimum absolute atomic E-state index is 0.229. The van der Waals surface area contributed by atoms with Gasteiger partial charge in [-0.1, -0.05) is 11.6 Å². The van der Waals surface area contributed by atoms with Gasteiger partial charge in [0.1, 0.15) is 11.7 Å². The Balaban J connectivity index is 2.62. The van der Waals surface area contributed by atoms with Crippen LogP contribution in [-0.4, -0.2) is 21.2 Å². The van der Waals surface area contributed by atoms with Crippen LogP contribution in [0.2, 0.25) is 5.02 Å². The zero-order chi connectivity index (χ0) is 16.0. The van der Waals surface area contributed by atoms with Crippen molar-refractivity contribution in [2.24, 2.45) is 12.8 Å². The van der Waals surface area contributed by atoms with E-state index in [1.807, 2.05) is 23.9 Å². The lowest BCUT2D eigenvalue weighted by Crippen LogP contribution is -2.43. The first kappa shape index (κ1) is 17.1. The van der Waals surface area contributed by atoms with Gasteiger partial charge in [0.25, 0.3) is 4.60 Å². The maximum absolute atomic E-state index is 11.8. The molecule has 5 nitrogen and oxygen atoms in total. The highest BCUT2D eigenvalue weighted by Crippen LogP contribution is 2.42. The molecule has 0 aromatic carbocycles. The number of hydrogen-bond acceptors (Lipinski definition) is 4. The standard InChI is InChI=1S/C12H16BrClN3O2S2/c1-12(15,6-21(18,19)16-2)10-8(14)7-4-5-17(3)11(13)9(7)20-10/h4-5,16H,6,15H2,1-3H3/q+1. The minimum atomic E-state index is -3.44. The molecule has 0 spiro atoms. The lowest BCUT2D eigenvalue weighted by Gasteiger charge is -2.23. The van der Waals surface area contributed by atoms with Gasteiger partial charge in [-0.05, 0) is 14.0 Å². The molecule has 0 bridgehead atoms. The number of aryl methyl sites for hydroxylation is 1. The average Bonchev–Trinajstić information content (AvgIpc) is 2.72. The van der Waals surface area contributed by atoms with Crippen molar-refractivity contribution in [1.82, 2.24) is 4.72 Å². The van der Waals surface area contributed by atoms with E-state index in [0.717, 1.165) is 14.7 Å². The van der Waals surface area contributed by atoms with Crippen LogP contribution in [0.3, 0.4) is 0 Å². The molecule has 0 aliphatic carbocycles. The van der Waals surface area contributed by atoms with Crippen LogP contribution in [0.15, 0.2) is 16.9 Å². The molecule has 2 aromatic rings. The van der Waals surface area contributed by atoms with Crippen molar-refractivity contribution in [1.29, 1.82) is 0 Å². The largest absolute Gasteiger partial charge is 0.320 e. The quantitative estimate of drug-likeness (QED) is 0.593. The molecule has 2 heterocycles. The highest BCUT2D eigenvalue weighted by Gasteiger charge is 2.33. The molecule has 2 aromatic heterocycles. The van der Waals surface area contributed by atoms with Gasteiger partial charge in [-0.25, -0.2) is 13.1 Å². The number of pyridine rings is 1. The number of hydrogen-bond donors (Lipinski definition) is 2. The van der Waals surface area contributed by atoms with Crippen LogP contribution in [0.5, 0.6) is 0 Å². The average molecular weight is 414 g/mol. The van der Waals surface area contributed by atoms with E-state index in [1.165, 1.54) is 18.4 Å². The maximum Gasteiger partial charge on any atom is 0.265 e. The van der Waals surface area contributed by atoms with Crippen molar-refractivity contribution in [3.8, 4) is 0 Å². The Hall–Kier alpha value is -0.250. The van der Waals surface area contributed by atoms with Crippen molar-refractivity contribution in [2.75, 3.05) is 12.8 Å². The molecule has 2 rings (SSSR count). The van der Waals surface area contributed by atoms with Crippen molar-refractivity contribution < 1.29 is 13.0 Å². The summed E-state index contributed by atoms with van der Waals surface area (Å²) in [4.78, 5) is 0.657. The molecule has 9 heteroatoms. The molecule has 0 aliphatic heterocycles. The second kappa shape index (κ2) is 5.75. The van der Waals surface area contributed by atoms with E-state index in [0.29, 0.717) is 9.90 Å². The topological polar surface area (TPSA) is 76.1 Å². The first-order chi connectivity index (χ1) is 9.59. The third-order valence-corrected chi connectivity index (χ3v) is 7.98. The number of nitrogens with one attached hydrogen (secondary N) is 1. The fourth-order valence-corrected chi connectivity index (χ4v) is 5.54. The van der Waals surface area contributed by atoms with Crippen LogP contribution in [-0.2, 0) is 22.6 Å². The van der Waals surface area contributed by atoms with Gasteiger partial charge in [0.2, 0.25) is 10.0 Å². The molecule has 0 radical (unpaired) electrons. The summed E-state index contributed by atoms with van der Waals surface area (Å²) in [7, 11) is -0.165. The molecular formula is C12H16BrClN3O2S2+. The van der Waals surface area contributed by atoms with Gasteiger partial charge in [0.05, 0.1) is 16.3 Å². The highest BCUT2D eigenvalue weighted by atomic mass is 79.9. The Morgan fingerprint density at radius 1 is 1.57 bits per heavy atom. The Morgan fingerprint density at radius 3 is 2.76 bits per heavy atom. The van der Waals surface area contributed by atoms with Crippen molar-refractivity contribution in [3.05, 3.63) is 26.8 Å². The predicted molar refractivity (Wildman–Crippen MR) is 90.1 cm³/mol. The SMILES string of the molecule is CNS(=O)(=O)CC(C)(N)c1sc2c(Br)[n+](C)ccc2c1Cl. The summed E-state index contributed by atoms with van der Waals surface area (Å²) in [5, 5.41) is 1.37. The normalized spacial score (nSPS) is 15.3. The Morgan fingerprint density at radius 2 is 2.19 bits per heavy atom. The Labute approximate surface area is 141 Å². The van der Waals surface area contributed by atoms with Gasteiger partial charge in [0.15, 0.2) is 6.20 Å². The molecule has 0 aliphatic rings. The van der Waals surface area contributed by atoms with E-state index >= 15 is 0 Å². The number of nitrogens with two attached hydrogens (primary N) is 1. The predicted octanol–water partition coefficient (Wildman–Crippen LogP) is 1.86. The minimum Gasteiger partial charge on any atom is -0.320 e. The van der Waals surface area contributed by atoms with Gasteiger partial charge in [-0.15, -0.1) is 11.3 Å². The fourth-order valence-electron chi connectivity index (χ4n) is 2.04. The van der Waals surface area contributed by atoms with Gasteiger partial charge < -0.3 is 5.73 Å². The lowest BCUT2D eigenvalue weighted by molar-refractivity contribution is -0.680. The van der Waals surface area contributed by atoms with Crippen molar-refractivity contribution >= 4 is 59.0 Å². The van der Waals surface area contributed by atoms with E-state index < -0.39 is 15.6 Å². The van der Waals surface area contributed by atoms with E-state index in [4.69, 9.17) is 17.3 Å². The molecule has 1 unspecified atom stereocenters. The molecule has 3 N–H and O–H groups in total. The number of nitrogens with zero attached hydrogens (tertiary/aromatic N) is 1. The third-order valence-electron chi connectivity index (χ3n) is 3.17. The molecule has 21 heavy (non-hydrogen) atoms. The van der Waals surface area contributed by atoms with E-state index in [2.05, 4.69) is 20.7 Å². The number of sulfonamides is 1. The fraction of sp³-hybridized carbons (Fsp3) is 0.417. The van der Waals surface area contributed by atoms with Crippen LogP contribution >= 0.6 is 38.9 Å². The number of rotatable bonds is 4. The summed E-state index contributed by atoms with van der Waals surface area (Å²) >= 11 is 11.3. The molecule has 116 valence electrons. The zero-order valence-corrected chi connectivity index (χ0v) is 15.8. The first-order valence-corrected chi connectivity index (χ1v) is 9.70. The molecular weight excluding hydrogens is 398 g/mol. The van der Waals surface area contributed by atoms with E-state index in [-0.39, 0.29) is 5.75 Å². The Kier molecular flexibility index (Phi) is 4.68. The van der Waals surface area contributed by atoms with E-state index in [9.17, 15) is 8.42 Å². The van der Waals surface area contributed by atoms with Gasteiger partial charge >= 0.3 is 0 Å². The maximum atomic E-state index is 11.8. The zero-order valence-electron chi connectivity index (χ0n) is 11.8. The number of thiophene rings is 1. The van der Waals surface area contributed by atoms with E-state index in [1.54, 1.807) is 6.92 Å². The summed E-state index contributed by atoms with van der Waals surface area (Å²) in [5.41, 5.74) is 5.17. The second-order valence-electron chi connectivity index (χ2n) is 5.09. The lowest BCUT2D eigenvalue weighted by atomic mass is 10.0. The summed E-state index contributed by atoms with van der Waals surface area (Å²) in [6.07, 6.45) is 1.88. The second-order valence-corrected chi connectivity index (χ2v) is 9.16. The van der Waals surface area contributed by atoms with Crippen LogP contribution in [0.1, 0.15) is 11.8 Å². The summed E-state index contributed by atoms with van der Waals surface area (Å²) in [6.45, 7) is 1.67.